The van der Waals surface area contributed by atoms with E-state index in [9.17, 15) is 0 Å². The van der Waals surface area contributed by atoms with Crippen LogP contribution in [0.5, 0.6) is 0 Å². The number of aromatic nitrogens is 1. The Morgan fingerprint density at radius 3 is 2.88 bits per heavy atom. The zero-order chi connectivity index (χ0) is 12.1. The summed E-state index contributed by atoms with van der Waals surface area (Å²) in [5, 5.41) is 0. The van der Waals surface area contributed by atoms with Gasteiger partial charge in [0.1, 0.15) is 0 Å². The molecule has 1 fully saturated rings. The summed E-state index contributed by atoms with van der Waals surface area (Å²) in [6, 6.07) is 6.75. The van der Waals surface area contributed by atoms with Crippen LogP contribution in [0.25, 0.3) is 0 Å². The van der Waals surface area contributed by atoms with Crippen LogP contribution in [-0.4, -0.2) is 29.5 Å². The molecule has 2 atom stereocenters. The second kappa shape index (κ2) is 6.12. The topological polar surface area (TPSA) is 42.2 Å². The molecule has 1 aromatic heterocycles. The van der Waals surface area contributed by atoms with E-state index in [1.54, 1.807) is 0 Å². The highest BCUT2D eigenvalue weighted by Gasteiger charge is 2.27. The lowest BCUT2D eigenvalue weighted by Crippen LogP contribution is -2.42. The van der Waals surface area contributed by atoms with Gasteiger partial charge in [0.05, 0.1) is 5.69 Å². The van der Waals surface area contributed by atoms with Crippen molar-refractivity contribution in [3.63, 3.8) is 0 Å². The van der Waals surface area contributed by atoms with Crippen LogP contribution in [0.15, 0.2) is 24.4 Å². The fourth-order valence-corrected chi connectivity index (χ4v) is 2.91. The lowest BCUT2D eigenvalue weighted by atomic mass is 9.83. The van der Waals surface area contributed by atoms with Gasteiger partial charge in [-0.25, -0.2) is 0 Å². The highest BCUT2D eigenvalue weighted by Crippen LogP contribution is 2.27. The fourth-order valence-electron chi connectivity index (χ4n) is 2.91. The minimum atomic E-state index is 0.635. The van der Waals surface area contributed by atoms with Gasteiger partial charge in [0.2, 0.25) is 0 Å². The van der Waals surface area contributed by atoms with E-state index in [4.69, 9.17) is 5.73 Å². The van der Waals surface area contributed by atoms with E-state index in [-0.39, 0.29) is 0 Å². The van der Waals surface area contributed by atoms with E-state index in [0.717, 1.165) is 18.8 Å². The van der Waals surface area contributed by atoms with Crippen LogP contribution in [0.3, 0.4) is 0 Å². The zero-order valence-corrected chi connectivity index (χ0v) is 10.7. The lowest BCUT2D eigenvalue weighted by Gasteiger charge is -2.37. The summed E-state index contributed by atoms with van der Waals surface area (Å²) in [5.74, 6) is 0.664. The Hall–Kier alpha value is -0.930. The summed E-state index contributed by atoms with van der Waals surface area (Å²) >= 11 is 0. The van der Waals surface area contributed by atoms with Crippen molar-refractivity contribution in [3.8, 4) is 0 Å². The van der Waals surface area contributed by atoms with Crippen LogP contribution >= 0.6 is 0 Å². The molecule has 0 saturated heterocycles. The maximum Gasteiger partial charge on any atom is 0.0543 e. The highest BCUT2D eigenvalue weighted by molar-refractivity contribution is 5.03. The molecule has 0 spiro atoms. The lowest BCUT2D eigenvalue weighted by molar-refractivity contribution is 0.126. The Kier molecular flexibility index (Phi) is 4.51. The Morgan fingerprint density at radius 1 is 1.35 bits per heavy atom. The van der Waals surface area contributed by atoms with Gasteiger partial charge in [0, 0.05) is 18.8 Å². The molecular weight excluding hydrogens is 210 g/mol. The van der Waals surface area contributed by atoms with E-state index in [0.29, 0.717) is 12.0 Å². The quantitative estimate of drug-likeness (QED) is 0.865. The number of hydrogen-bond donors (Lipinski definition) is 1. The van der Waals surface area contributed by atoms with Crippen molar-refractivity contribution in [2.45, 2.75) is 38.3 Å². The van der Waals surface area contributed by atoms with Gasteiger partial charge in [0.15, 0.2) is 0 Å². The van der Waals surface area contributed by atoms with Crippen LogP contribution in [0.2, 0.25) is 0 Å². The molecule has 1 heterocycles. The maximum atomic E-state index is 5.88. The molecular formula is C14H23N3. The standard InChI is InChI=1S/C14H23N3/c1-17(11-13-7-4-5-9-16-13)14-8-3-2-6-12(14)10-15/h4-5,7,9,12,14H,2-3,6,8,10-11,15H2,1H3. The molecule has 0 radical (unpaired) electrons. The third-order valence-electron chi connectivity index (χ3n) is 3.88. The van der Waals surface area contributed by atoms with Crippen molar-refractivity contribution in [3.05, 3.63) is 30.1 Å². The summed E-state index contributed by atoms with van der Waals surface area (Å²) in [5.41, 5.74) is 7.03. The van der Waals surface area contributed by atoms with Gasteiger partial charge in [0.25, 0.3) is 0 Å². The van der Waals surface area contributed by atoms with Crippen molar-refractivity contribution in [1.29, 1.82) is 0 Å². The van der Waals surface area contributed by atoms with Gasteiger partial charge in [-0.1, -0.05) is 18.9 Å². The van der Waals surface area contributed by atoms with Crippen LogP contribution < -0.4 is 5.73 Å². The number of hydrogen-bond acceptors (Lipinski definition) is 3. The monoisotopic (exact) mass is 233 g/mol. The third-order valence-corrected chi connectivity index (χ3v) is 3.88. The van der Waals surface area contributed by atoms with Crippen molar-refractivity contribution in [2.75, 3.05) is 13.6 Å². The van der Waals surface area contributed by atoms with Crippen LogP contribution in [0, 0.1) is 5.92 Å². The minimum absolute atomic E-state index is 0.635. The molecule has 2 unspecified atom stereocenters. The fraction of sp³-hybridized carbons (Fsp3) is 0.643. The Balaban J connectivity index is 1.96. The first kappa shape index (κ1) is 12.5. The molecule has 17 heavy (non-hydrogen) atoms. The number of rotatable bonds is 4. The molecule has 1 aliphatic carbocycles. The molecule has 0 amide bonds. The summed E-state index contributed by atoms with van der Waals surface area (Å²) in [4.78, 5) is 6.82. The zero-order valence-electron chi connectivity index (χ0n) is 10.7. The molecule has 0 aliphatic heterocycles. The largest absolute Gasteiger partial charge is 0.330 e. The molecule has 1 aliphatic rings. The summed E-state index contributed by atoms with van der Waals surface area (Å²) in [6.45, 7) is 1.75. The SMILES string of the molecule is CN(Cc1ccccn1)C1CCCCC1CN. The van der Waals surface area contributed by atoms with Gasteiger partial charge < -0.3 is 5.73 Å². The highest BCUT2D eigenvalue weighted by atomic mass is 15.1. The van der Waals surface area contributed by atoms with Gasteiger partial charge in [-0.05, 0) is 44.5 Å². The first-order valence-corrected chi connectivity index (χ1v) is 6.61. The first-order valence-electron chi connectivity index (χ1n) is 6.61. The molecule has 1 aromatic rings. The third kappa shape index (κ3) is 3.27. The summed E-state index contributed by atoms with van der Waals surface area (Å²) < 4.78 is 0. The normalized spacial score (nSPS) is 25.1. The van der Waals surface area contributed by atoms with Crippen LogP contribution in [-0.2, 0) is 6.54 Å². The second-order valence-corrected chi connectivity index (χ2v) is 5.08. The Bertz CT molecular complexity index is 325. The molecule has 2 N–H and O–H groups in total. The number of nitrogens with two attached hydrogens (primary N) is 1. The average Bonchev–Trinajstić information content (AvgIpc) is 2.40. The van der Waals surface area contributed by atoms with E-state index < -0.39 is 0 Å². The predicted octanol–water partition coefficient (Wildman–Crippen LogP) is 2.03. The van der Waals surface area contributed by atoms with Gasteiger partial charge in [-0.2, -0.15) is 0 Å². The number of nitrogens with zero attached hydrogens (tertiary/aromatic N) is 2. The summed E-state index contributed by atoms with van der Waals surface area (Å²) in [7, 11) is 2.20. The van der Waals surface area contributed by atoms with E-state index >= 15 is 0 Å². The molecule has 0 bridgehead atoms. The van der Waals surface area contributed by atoms with Crippen molar-refractivity contribution < 1.29 is 0 Å². The Labute approximate surface area is 104 Å². The average molecular weight is 233 g/mol. The molecule has 3 heteroatoms. The molecule has 94 valence electrons. The summed E-state index contributed by atoms with van der Waals surface area (Å²) in [6.07, 6.45) is 7.12. The smallest absolute Gasteiger partial charge is 0.0543 e. The van der Waals surface area contributed by atoms with Gasteiger partial charge in [-0.3, -0.25) is 9.88 Å². The second-order valence-electron chi connectivity index (χ2n) is 5.08. The molecule has 3 nitrogen and oxygen atoms in total. The maximum absolute atomic E-state index is 5.88. The van der Waals surface area contributed by atoms with E-state index in [1.807, 2.05) is 12.3 Å². The van der Waals surface area contributed by atoms with Crippen LogP contribution in [0.4, 0.5) is 0 Å². The first-order chi connectivity index (χ1) is 8.31. The molecule has 1 saturated carbocycles. The van der Waals surface area contributed by atoms with Crippen molar-refractivity contribution >= 4 is 0 Å². The Morgan fingerprint density at radius 2 is 2.18 bits per heavy atom. The van der Waals surface area contributed by atoms with E-state index in [2.05, 4.69) is 29.1 Å². The minimum Gasteiger partial charge on any atom is -0.330 e. The van der Waals surface area contributed by atoms with Gasteiger partial charge >= 0.3 is 0 Å². The van der Waals surface area contributed by atoms with Gasteiger partial charge in [-0.15, -0.1) is 0 Å². The molecule has 2 rings (SSSR count). The van der Waals surface area contributed by atoms with Crippen molar-refractivity contribution in [1.82, 2.24) is 9.88 Å². The number of pyridine rings is 1. The molecule has 0 aromatic carbocycles. The van der Waals surface area contributed by atoms with Crippen LogP contribution in [0.1, 0.15) is 31.4 Å². The van der Waals surface area contributed by atoms with Crippen molar-refractivity contribution in [2.24, 2.45) is 11.7 Å². The predicted molar refractivity (Wildman–Crippen MR) is 70.5 cm³/mol. The van der Waals surface area contributed by atoms with E-state index in [1.165, 1.54) is 25.7 Å².